The minimum absolute atomic E-state index is 0.211. The Morgan fingerprint density at radius 1 is 1.44 bits per heavy atom. The van der Waals surface area contributed by atoms with Crippen molar-refractivity contribution in [2.45, 2.75) is 18.7 Å². The number of nitrogens with one attached hydrogen (secondary N) is 1. The summed E-state index contributed by atoms with van der Waals surface area (Å²) in [4.78, 5) is 11.1. The molecule has 0 radical (unpaired) electrons. The van der Waals surface area contributed by atoms with E-state index in [0.717, 1.165) is 0 Å². The largest absolute Gasteiger partial charge is 0.466 e. The summed E-state index contributed by atoms with van der Waals surface area (Å²) in [5.74, 6) is -0.211. The molecule has 0 atom stereocenters. The maximum atomic E-state index is 9.82. The van der Waals surface area contributed by atoms with Crippen molar-refractivity contribution < 1.29 is 9.53 Å². The van der Waals surface area contributed by atoms with Gasteiger partial charge in [-0.05, 0) is 36.6 Å². The first-order valence-electron chi connectivity index (χ1n) is 5.05. The molecule has 1 heterocycles. The molecule has 0 saturated heterocycles. The Morgan fingerprint density at radius 3 is 2.75 bits per heavy atom. The lowest BCUT2D eigenvalue weighted by Crippen LogP contribution is -1.96. The minimum Gasteiger partial charge on any atom is -0.466 e. The number of esters is 1. The van der Waals surface area contributed by atoms with Gasteiger partial charge in [0, 0.05) is 18.0 Å². The molecule has 2 rings (SSSR count). The standard InChI is InChI=1S/C8H7NS.C4H8O2/c1-2-4-8-7(3-1)5-6-9-10-8;1-3-6-4(2)5/h1-6,9H;3H2,1-2H3. The van der Waals surface area contributed by atoms with Crippen molar-refractivity contribution in [3.63, 3.8) is 0 Å². The molecular weight excluding hydrogens is 222 g/mol. The number of rotatable bonds is 1. The van der Waals surface area contributed by atoms with Gasteiger partial charge in [-0.3, -0.25) is 4.79 Å². The Morgan fingerprint density at radius 2 is 2.19 bits per heavy atom. The Labute approximate surface area is 100 Å². The smallest absolute Gasteiger partial charge is 0.302 e. The molecule has 0 aliphatic carbocycles. The first-order chi connectivity index (χ1) is 7.74. The van der Waals surface area contributed by atoms with Crippen molar-refractivity contribution >= 4 is 24.0 Å². The van der Waals surface area contributed by atoms with Crippen LogP contribution in [0.1, 0.15) is 19.4 Å². The fourth-order valence-electron chi connectivity index (χ4n) is 1.14. The summed E-state index contributed by atoms with van der Waals surface area (Å²) >= 11 is 1.65. The third kappa shape index (κ3) is 4.40. The summed E-state index contributed by atoms with van der Waals surface area (Å²) in [6.07, 6.45) is 4.03. The van der Waals surface area contributed by atoms with Gasteiger partial charge in [0.05, 0.1) is 6.61 Å². The minimum atomic E-state index is -0.211. The van der Waals surface area contributed by atoms with Crippen molar-refractivity contribution in [2.75, 3.05) is 6.61 Å². The first-order valence-corrected chi connectivity index (χ1v) is 5.87. The molecule has 0 saturated carbocycles. The zero-order valence-electron chi connectivity index (χ0n) is 9.40. The van der Waals surface area contributed by atoms with E-state index in [1.807, 2.05) is 12.3 Å². The Bertz CT molecular complexity index is 377. The van der Waals surface area contributed by atoms with E-state index in [1.165, 1.54) is 17.4 Å². The van der Waals surface area contributed by atoms with Gasteiger partial charge in [-0.15, -0.1) is 0 Å². The van der Waals surface area contributed by atoms with Gasteiger partial charge in [0.2, 0.25) is 0 Å². The molecule has 3 nitrogen and oxygen atoms in total. The topological polar surface area (TPSA) is 38.3 Å². The van der Waals surface area contributed by atoms with Crippen LogP contribution in [0.5, 0.6) is 0 Å². The second kappa shape index (κ2) is 6.95. The van der Waals surface area contributed by atoms with Gasteiger partial charge in [-0.1, -0.05) is 18.2 Å². The predicted molar refractivity (Wildman–Crippen MR) is 66.8 cm³/mol. The number of carbonyl (C=O) groups excluding carboxylic acids is 1. The lowest BCUT2D eigenvalue weighted by Gasteiger charge is -2.08. The van der Waals surface area contributed by atoms with Crippen molar-refractivity contribution in [3.8, 4) is 0 Å². The molecule has 0 aromatic heterocycles. The number of carbonyl (C=O) groups is 1. The molecule has 1 aromatic carbocycles. The van der Waals surface area contributed by atoms with Crippen molar-refractivity contribution in [1.82, 2.24) is 4.72 Å². The van der Waals surface area contributed by atoms with Crippen LogP contribution in [0.15, 0.2) is 35.4 Å². The van der Waals surface area contributed by atoms with Crippen LogP contribution in [-0.4, -0.2) is 12.6 Å². The SMILES string of the molecule is C1=Cc2ccccc2SN1.CCOC(C)=O. The van der Waals surface area contributed by atoms with E-state index >= 15 is 0 Å². The normalized spacial score (nSPS) is 11.6. The van der Waals surface area contributed by atoms with Crippen LogP contribution in [0.4, 0.5) is 0 Å². The van der Waals surface area contributed by atoms with E-state index in [1.54, 1.807) is 18.9 Å². The first kappa shape index (κ1) is 12.6. The summed E-state index contributed by atoms with van der Waals surface area (Å²) in [6.45, 7) is 3.65. The average molecular weight is 237 g/mol. The molecule has 1 aliphatic heterocycles. The maximum Gasteiger partial charge on any atom is 0.302 e. The molecule has 1 aromatic rings. The van der Waals surface area contributed by atoms with Crippen molar-refractivity contribution in [2.24, 2.45) is 0 Å². The number of fused-ring (bicyclic) bond motifs is 1. The highest BCUT2D eigenvalue weighted by Gasteiger charge is 2.00. The van der Waals surface area contributed by atoms with Crippen LogP contribution in [0, 0.1) is 0 Å². The molecule has 16 heavy (non-hydrogen) atoms. The fourth-order valence-corrected chi connectivity index (χ4v) is 1.80. The third-order valence-corrected chi connectivity index (χ3v) is 2.61. The van der Waals surface area contributed by atoms with Gasteiger partial charge in [-0.2, -0.15) is 0 Å². The highest BCUT2D eigenvalue weighted by molar-refractivity contribution is 7.97. The van der Waals surface area contributed by atoms with Crippen LogP contribution in [0.25, 0.3) is 6.08 Å². The van der Waals surface area contributed by atoms with E-state index < -0.39 is 0 Å². The van der Waals surface area contributed by atoms with Crippen LogP contribution < -0.4 is 4.72 Å². The summed E-state index contributed by atoms with van der Waals surface area (Å²) in [5, 5.41) is 0. The zero-order valence-corrected chi connectivity index (χ0v) is 10.2. The van der Waals surface area contributed by atoms with Crippen LogP contribution in [0.3, 0.4) is 0 Å². The fraction of sp³-hybridized carbons (Fsp3) is 0.250. The Kier molecular flexibility index (Phi) is 5.50. The van der Waals surface area contributed by atoms with Gasteiger partial charge in [-0.25, -0.2) is 0 Å². The van der Waals surface area contributed by atoms with Crippen molar-refractivity contribution in [3.05, 3.63) is 36.0 Å². The molecule has 0 bridgehead atoms. The molecule has 4 heteroatoms. The third-order valence-electron chi connectivity index (χ3n) is 1.77. The zero-order chi connectivity index (χ0) is 11.8. The number of hydrogen-bond acceptors (Lipinski definition) is 4. The molecular formula is C12H15NO2S. The van der Waals surface area contributed by atoms with E-state index in [4.69, 9.17) is 0 Å². The average Bonchev–Trinajstić information content (AvgIpc) is 2.30. The number of benzene rings is 1. The van der Waals surface area contributed by atoms with Crippen LogP contribution >= 0.6 is 11.9 Å². The van der Waals surface area contributed by atoms with Gasteiger partial charge >= 0.3 is 5.97 Å². The lowest BCUT2D eigenvalue weighted by molar-refractivity contribution is -0.140. The molecule has 0 spiro atoms. The molecule has 86 valence electrons. The Balaban J connectivity index is 0.000000187. The predicted octanol–water partition coefficient (Wildman–Crippen LogP) is 2.84. The molecule has 1 N–H and O–H groups in total. The monoisotopic (exact) mass is 237 g/mol. The van der Waals surface area contributed by atoms with Gasteiger partial charge in [0.15, 0.2) is 0 Å². The summed E-state index contributed by atoms with van der Waals surface area (Å²) in [5.41, 5.74) is 1.30. The van der Waals surface area contributed by atoms with Crippen molar-refractivity contribution in [1.29, 1.82) is 0 Å². The summed E-state index contributed by atoms with van der Waals surface area (Å²) < 4.78 is 7.48. The molecule has 0 amide bonds. The van der Waals surface area contributed by atoms with Gasteiger partial charge in [0.25, 0.3) is 0 Å². The second-order valence-electron chi connectivity index (χ2n) is 3.02. The second-order valence-corrected chi connectivity index (χ2v) is 3.90. The molecule has 0 unspecified atom stereocenters. The highest BCUT2D eigenvalue weighted by atomic mass is 32.2. The van der Waals surface area contributed by atoms with Gasteiger partial charge in [0.1, 0.15) is 0 Å². The Hall–Kier alpha value is -1.42. The maximum absolute atomic E-state index is 9.82. The van der Waals surface area contributed by atoms with E-state index in [0.29, 0.717) is 6.61 Å². The quantitative estimate of drug-likeness (QED) is 0.602. The highest BCUT2D eigenvalue weighted by Crippen LogP contribution is 2.23. The lowest BCUT2D eigenvalue weighted by atomic mass is 10.2. The van der Waals surface area contributed by atoms with E-state index in [-0.39, 0.29) is 5.97 Å². The number of hydrogen-bond donors (Lipinski definition) is 1. The summed E-state index contributed by atoms with van der Waals surface area (Å²) in [7, 11) is 0. The molecule has 0 fully saturated rings. The van der Waals surface area contributed by atoms with E-state index in [2.05, 4.69) is 33.7 Å². The van der Waals surface area contributed by atoms with Crippen LogP contribution in [-0.2, 0) is 9.53 Å². The molecule has 1 aliphatic rings. The van der Waals surface area contributed by atoms with Gasteiger partial charge < -0.3 is 9.46 Å². The van der Waals surface area contributed by atoms with Crippen LogP contribution in [0.2, 0.25) is 0 Å². The van der Waals surface area contributed by atoms with E-state index in [9.17, 15) is 4.79 Å². The summed E-state index contributed by atoms with van der Waals surface area (Å²) in [6, 6.07) is 8.32. The number of ether oxygens (including phenoxy) is 1.